The van der Waals surface area contributed by atoms with Crippen LogP contribution in [0.2, 0.25) is 0 Å². The van der Waals surface area contributed by atoms with E-state index < -0.39 is 0 Å². The van der Waals surface area contributed by atoms with Crippen LogP contribution in [0.15, 0.2) is 24.3 Å². The van der Waals surface area contributed by atoms with Gasteiger partial charge in [-0.3, -0.25) is 0 Å². The second kappa shape index (κ2) is 7.96. The van der Waals surface area contributed by atoms with Crippen LogP contribution in [0.3, 0.4) is 0 Å². The Morgan fingerprint density at radius 1 is 1.16 bits per heavy atom. The van der Waals surface area contributed by atoms with Crippen molar-refractivity contribution >= 4 is 11.8 Å². The van der Waals surface area contributed by atoms with Crippen molar-refractivity contribution in [1.82, 2.24) is 5.32 Å². The molecule has 0 aromatic heterocycles. The summed E-state index contributed by atoms with van der Waals surface area (Å²) in [5.41, 5.74) is 2.90. The molecule has 1 aliphatic carbocycles. The molecule has 0 saturated heterocycles. The topological polar surface area (TPSA) is 12.0 Å². The van der Waals surface area contributed by atoms with Gasteiger partial charge in [-0.1, -0.05) is 44.0 Å². The number of likely N-dealkylation sites (N-methyl/N-ethyl adjacent to an activating group) is 1. The number of rotatable bonds is 7. The molecular formula is C17H27NS. The van der Waals surface area contributed by atoms with Gasteiger partial charge in [-0.25, -0.2) is 0 Å². The largest absolute Gasteiger partial charge is 0.316 e. The van der Waals surface area contributed by atoms with Crippen molar-refractivity contribution in [2.45, 2.75) is 56.7 Å². The zero-order valence-electron chi connectivity index (χ0n) is 12.3. The van der Waals surface area contributed by atoms with Gasteiger partial charge in [0.25, 0.3) is 0 Å². The number of hydrogen-bond acceptors (Lipinski definition) is 2. The predicted molar refractivity (Wildman–Crippen MR) is 87.1 cm³/mol. The summed E-state index contributed by atoms with van der Waals surface area (Å²) in [6.07, 6.45) is 8.05. The van der Waals surface area contributed by atoms with E-state index in [-0.39, 0.29) is 0 Å². The maximum Gasteiger partial charge on any atom is 0.0195 e. The minimum Gasteiger partial charge on any atom is -0.316 e. The molecule has 0 heterocycles. The third-order valence-electron chi connectivity index (χ3n) is 4.16. The van der Waals surface area contributed by atoms with Gasteiger partial charge < -0.3 is 5.32 Å². The van der Waals surface area contributed by atoms with Gasteiger partial charge in [0.2, 0.25) is 0 Å². The van der Waals surface area contributed by atoms with E-state index >= 15 is 0 Å². The van der Waals surface area contributed by atoms with Gasteiger partial charge >= 0.3 is 0 Å². The van der Waals surface area contributed by atoms with E-state index in [0.717, 1.165) is 18.1 Å². The van der Waals surface area contributed by atoms with Crippen molar-refractivity contribution in [1.29, 1.82) is 0 Å². The summed E-state index contributed by atoms with van der Waals surface area (Å²) in [7, 11) is 2.10. The molecule has 1 aliphatic rings. The number of benzene rings is 1. The summed E-state index contributed by atoms with van der Waals surface area (Å²) in [5.74, 6) is 1.25. The molecule has 1 saturated carbocycles. The highest BCUT2D eigenvalue weighted by atomic mass is 32.2. The quantitative estimate of drug-likeness (QED) is 0.807. The van der Waals surface area contributed by atoms with E-state index in [1.54, 1.807) is 0 Å². The maximum absolute atomic E-state index is 3.48. The van der Waals surface area contributed by atoms with Gasteiger partial charge in [0.05, 0.1) is 0 Å². The Hall–Kier alpha value is -0.470. The minimum atomic E-state index is 0.609. The third-order valence-corrected chi connectivity index (χ3v) is 5.69. The minimum absolute atomic E-state index is 0.609. The van der Waals surface area contributed by atoms with Gasteiger partial charge in [-0.15, -0.1) is 0 Å². The highest BCUT2D eigenvalue weighted by Gasteiger charge is 2.17. The van der Waals surface area contributed by atoms with Crippen LogP contribution in [0, 0.1) is 0 Å². The number of aryl methyl sites for hydroxylation is 1. The Kier molecular flexibility index (Phi) is 6.25. The summed E-state index contributed by atoms with van der Waals surface area (Å²) in [4.78, 5) is 0. The van der Waals surface area contributed by atoms with Crippen LogP contribution in [0.25, 0.3) is 0 Å². The zero-order valence-corrected chi connectivity index (χ0v) is 13.1. The van der Waals surface area contributed by atoms with Crippen LogP contribution in [0.1, 0.15) is 43.7 Å². The smallest absolute Gasteiger partial charge is 0.0195 e. The number of hydrogen-bond donors (Lipinski definition) is 1. The van der Waals surface area contributed by atoms with Gasteiger partial charge in [-0.2, -0.15) is 11.8 Å². The predicted octanol–water partition coefficient (Wildman–Crippen LogP) is 4.06. The lowest BCUT2D eigenvalue weighted by Gasteiger charge is -2.18. The normalized spacial score (nSPS) is 17.8. The molecule has 0 bridgehead atoms. The van der Waals surface area contributed by atoms with Crippen LogP contribution < -0.4 is 5.32 Å². The summed E-state index contributed by atoms with van der Waals surface area (Å²) < 4.78 is 0. The summed E-state index contributed by atoms with van der Waals surface area (Å²) in [6.45, 7) is 2.21. The molecule has 1 unspecified atom stereocenters. The monoisotopic (exact) mass is 277 g/mol. The van der Waals surface area contributed by atoms with Gasteiger partial charge in [0.15, 0.2) is 0 Å². The van der Waals surface area contributed by atoms with Crippen LogP contribution >= 0.6 is 11.8 Å². The second-order valence-electron chi connectivity index (χ2n) is 5.60. The van der Waals surface area contributed by atoms with Crippen molar-refractivity contribution in [3.63, 3.8) is 0 Å². The van der Waals surface area contributed by atoms with Crippen LogP contribution in [0.4, 0.5) is 0 Å². The molecule has 2 heteroatoms. The van der Waals surface area contributed by atoms with E-state index in [1.165, 1.54) is 42.6 Å². The lowest BCUT2D eigenvalue weighted by atomic mass is 10.0. The summed E-state index contributed by atoms with van der Waals surface area (Å²) in [6, 6.07) is 9.74. The maximum atomic E-state index is 3.48. The zero-order chi connectivity index (χ0) is 13.5. The van der Waals surface area contributed by atoms with Crippen LogP contribution in [0.5, 0.6) is 0 Å². The molecule has 19 heavy (non-hydrogen) atoms. The van der Waals surface area contributed by atoms with E-state index in [1.807, 2.05) is 0 Å². The lowest BCUT2D eigenvalue weighted by Crippen LogP contribution is -2.30. The molecule has 0 amide bonds. The number of thioether (sulfide) groups is 1. The first-order chi connectivity index (χ1) is 9.31. The molecule has 1 aromatic rings. The summed E-state index contributed by atoms with van der Waals surface area (Å²) >= 11 is 2.18. The van der Waals surface area contributed by atoms with E-state index in [9.17, 15) is 0 Å². The highest BCUT2D eigenvalue weighted by Crippen LogP contribution is 2.30. The Labute approximate surface area is 122 Å². The fraction of sp³-hybridized carbons (Fsp3) is 0.647. The first-order valence-corrected chi connectivity index (χ1v) is 8.73. The van der Waals surface area contributed by atoms with E-state index in [2.05, 4.69) is 55.3 Å². The Morgan fingerprint density at radius 2 is 1.79 bits per heavy atom. The molecule has 0 spiro atoms. The highest BCUT2D eigenvalue weighted by molar-refractivity contribution is 7.99. The van der Waals surface area contributed by atoms with Crippen molar-refractivity contribution in [2.75, 3.05) is 12.8 Å². The number of nitrogens with one attached hydrogen (secondary N) is 1. The molecule has 1 atom stereocenters. The average molecular weight is 277 g/mol. The Bertz CT molecular complexity index is 354. The second-order valence-corrected chi connectivity index (χ2v) is 6.93. The third kappa shape index (κ3) is 4.85. The SMILES string of the molecule is CCc1ccc(CC(CSC2CCCC2)NC)cc1. The van der Waals surface area contributed by atoms with Gasteiger partial charge in [0.1, 0.15) is 0 Å². The van der Waals surface area contributed by atoms with Crippen molar-refractivity contribution in [3.8, 4) is 0 Å². The van der Waals surface area contributed by atoms with Crippen molar-refractivity contribution in [2.24, 2.45) is 0 Å². The average Bonchev–Trinajstić information content (AvgIpc) is 2.97. The van der Waals surface area contributed by atoms with Crippen LogP contribution in [-0.2, 0) is 12.8 Å². The molecule has 1 fully saturated rings. The van der Waals surface area contributed by atoms with Crippen molar-refractivity contribution in [3.05, 3.63) is 35.4 Å². The van der Waals surface area contributed by atoms with E-state index in [4.69, 9.17) is 0 Å². The van der Waals surface area contributed by atoms with Crippen LogP contribution in [-0.4, -0.2) is 24.1 Å². The summed E-state index contributed by atoms with van der Waals surface area (Å²) in [5, 5.41) is 4.41. The molecular weight excluding hydrogens is 250 g/mol. The first kappa shape index (κ1) is 14.9. The molecule has 106 valence electrons. The Morgan fingerprint density at radius 3 is 2.37 bits per heavy atom. The molecule has 1 N–H and O–H groups in total. The first-order valence-electron chi connectivity index (χ1n) is 7.68. The molecule has 2 rings (SSSR count). The van der Waals surface area contributed by atoms with Gasteiger partial charge in [0, 0.05) is 17.0 Å². The molecule has 1 nitrogen and oxygen atoms in total. The standard InChI is InChI=1S/C17H27NS/c1-3-14-8-10-15(11-9-14)12-16(18-2)13-19-17-6-4-5-7-17/h8-11,16-18H,3-7,12-13H2,1-2H3. The molecule has 0 radical (unpaired) electrons. The molecule has 1 aromatic carbocycles. The van der Waals surface area contributed by atoms with E-state index in [0.29, 0.717) is 6.04 Å². The van der Waals surface area contributed by atoms with Gasteiger partial charge in [-0.05, 0) is 43.9 Å². The van der Waals surface area contributed by atoms with Crippen molar-refractivity contribution < 1.29 is 0 Å². The fourth-order valence-electron chi connectivity index (χ4n) is 2.75. The molecule has 0 aliphatic heterocycles. The Balaban J connectivity index is 1.79. The lowest BCUT2D eigenvalue weighted by molar-refractivity contribution is 0.615. The fourth-order valence-corrected chi connectivity index (χ4v) is 4.20.